The first-order valence-electron chi connectivity index (χ1n) is 11.3. The van der Waals surface area contributed by atoms with Gasteiger partial charge in [0.25, 0.3) is 0 Å². The maximum atomic E-state index is 6.45. The van der Waals surface area contributed by atoms with Crippen molar-refractivity contribution in [2.45, 2.75) is 97.4 Å². The van der Waals surface area contributed by atoms with Crippen LogP contribution in [-0.2, 0) is 25.9 Å². The average molecular weight is 415 g/mol. The van der Waals surface area contributed by atoms with E-state index >= 15 is 0 Å². The summed E-state index contributed by atoms with van der Waals surface area (Å²) in [5, 5.41) is 0. The van der Waals surface area contributed by atoms with E-state index in [0.29, 0.717) is 16.6 Å². The summed E-state index contributed by atoms with van der Waals surface area (Å²) in [6, 6.07) is 0. The number of fused-ring (bicyclic) bond motifs is 1. The predicted molar refractivity (Wildman–Crippen MR) is 121 cm³/mol. The van der Waals surface area contributed by atoms with Gasteiger partial charge < -0.3 is 4.42 Å². The van der Waals surface area contributed by atoms with Crippen LogP contribution in [0.4, 0.5) is 0 Å². The normalized spacial score (nSPS) is 15.5. The fourth-order valence-corrected chi connectivity index (χ4v) is 11.5. The monoisotopic (exact) mass is 414 g/mol. The quantitative estimate of drug-likeness (QED) is 0.577. The number of aryl methyl sites for hydroxylation is 1. The summed E-state index contributed by atoms with van der Waals surface area (Å²) in [5.41, 5.74) is 5.33. The number of nitrogens with zero attached hydrogens (tertiary/aromatic N) is 4. The minimum absolute atomic E-state index is 0.602. The molecule has 0 unspecified atom stereocenters. The lowest BCUT2D eigenvalue weighted by Gasteiger charge is -2.39. The fraction of sp³-hybridized carbons (Fsp3) is 0.696. The van der Waals surface area contributed by atoms with Crippen molar-refractivity contribution >= 4 is 13.6 Å². The van der Waals surface area contributed by atoms with E-state index in [1.807, 2.05) is 12.4 Å². The molecule has 6 heteroatoms. The predicted octanol–water partition coefficient (Wildman–Crippen LogP) is 4.86. The summed E-state index contributed by atoms with van der Waals surface area (Å²) in [4.78, 5) is 16.6. The standard InChI is InChI=1S/C23H38N4OSi/c1-8-9-22-24-12-19-14-27(11-10-21(19)26-22)15-20-13-25-23(28-20)29(16(2)3,17(4)5)18(6)7/h12-13,16-18H,8-11,14-15H2,1-7H3. The molecule has 29 heavy (non-hydrogen) atoms. The van der Waals surface area contributed by atoms with E-state index in [9.17, 15) is 0 Å². The molecule has 0 saturated carbocycles. The van der Waals surface area contributed by atoms with E-state index in [1.165, 1.54) is 11.3 Å². The van der Waals surface area contributed by atoms with E-state index in [2.05, 4.69) is 58.4 Å². The van der Waals surface area contributed by atoms with E-state index in [0.717, 1.165) is 56.0 Å². The molecule has 0 atom stereocenters. The third-order valence-corrected chi connectivity index (χ3v) is 13.4. The van der Waals surface area contributed by atoms with Gasteiger partial charge in [0.2, 0.25) is 0 Å². The Kier molecular flexibility index (Phi) is 6.94. The zero-order valence-electron chi connectivity index (χ0n) is 19.3. The molecule has 3 heterocycles. The second kappa shape index (κ2) is 9.09. The van der Waals surface area contributed by atoms with Gasteiger partial charge in [-0.1, -0.05) is 48.5 Å². The Morgan fingerprint density at radius 3 is 2.34 bits per heavy atom. The van der Waals surface area contributed by atoms with E-state index in [1.54, 1.807) is 0 Å². The van der Waals surface area contributed by atoms with Crippen molar-refractivity contribution in [1.29, 1.82) is 0 Å². The average Bonchev–Trinajstić information content (AvgIpc) is 3.10. The summed E-state index contributed by atoms with van der Waals surface area (Å²) in [6.07, 6.45) is 7.04. The van der Waals surface area contributed by atoms with Crippen LogP contribution in [0.5, 0.6) is 0 Å². The van der Waals surface area contributed by atoms with Crippen LogP contribution in [0.15, 0.2) is 16.8 Å². The molecule has 0 aliphatic carbocycles. The van der Waals surface area contributed by atoms with Gasteiger partial charge in [0.15, 0.2) is 13.6 Å². The summed E-state index contributed by atoms with van der Waals surface area (Å²) in [7, 11) is -1.84. The van der Waals surface area contributed by atoms with Crippen molar-refractivity contribution in [3.05, 3.63) is 35.2 Å². The molecule has 0 saturated heterocycles. The molecule has 0 N–H and O–H groups in total. The zero-order valence-corrected chi connectivity index (χ0v) is 20.3. The van der Waals surface area contributed by atoms with Crippen molar-refractivity contribution < 1.29 is 4.42 Å². The van der Waals surface area contributed by atoms with Crippen LogP contribution >= 0.6 is 0 Å². The van der Waals surface area contributed by atoms with Gasteiger partial charge in [-0.25, -0.2) is 15.0 Å². The molecular weight excluding hydrogens is 376 g/mol. The van der Waals surface area contributed by atoms with Crippen molar-refractivity contribution in [1.82, 2.24) is 19.9 Å². The highest BCUT2D eigenvalue weighted by Crippen LogP contribution is 2.40. The molecule has 1 aliphatic rings. The third kappa shape index (κ3) is 4.33. The molecule has 0 fully saturated rings. The molecule has 160 valence electrons. The fourth-order valence-electron chi connectivity index (χ4n) is 5.44. The van der Waals surface area contributed by atoms with Gasteiger partial charge >= 0.3 is 0 Å². The van der Waals surface area contributed by atoms with Crippen LogP contribution in [0, 0.1) is 0 Å². The molecule has 1 aliphatic heterocycles. The number of hydrogen-bond donors (Lipinski definition) is 0. The summed E-state index contributed by atoms with van der Waals surface area (Å²) in [5.74, 6) is 1.97. The summed E-state index contributed by atoms with van der Waals surface area (Å²) in [6.45, 7) is 19.0. The third-order valence-electron chi connectivity index (χ3n) is 6.71. The van der Waals surface area contributed by atoms with Gasteiger partial charge in [-0.15, -0.1) is 0 Å². The summed E-state index contributed by atoms with van der Waals surface area (Å²) < 4.78 is 6.45. The van der Waals surface area contributed by atoms with Crippen molar-refractivity contribution in [2.24, 2.45) is 0 Å². The highest BCUT2D eigenvalue weighted by molar-refractivity contribution is 6.93. The minimum atomic E-state index is -1.84. The zero-order chi connectivity index (χ0) is 21.2. The maximum absolute atomic E-state index is 6.45. The molecule has 0 spiro atoms. The van der Waals surface area contributed by atoms with E-state index in [4.69, 9.17) is 14.4 Å². The Balaban J connectivity index is 1.75. The summed E-state index contributed by atoms with van der Waals surface area (Å²) >= 11 is 0. The van der Waals surface area contributed by atoms with Crippen LogP contribution in [0.3, 0.4) is 0 Å². The van der Waals surface area contributed by atoms with Gasteiger partial charge in [0, 0.05) is 43.4 Å². The molecule has 2 aromatic rings. The number of hydrogen-bond acceptors (Lipinski definition) is 5. The Labute approximate surface area is 177 Å². The Hall–Kier alpha value is -1.53. The second-order valence-corrected chi connectivity index (χ2v) is 15.3. The highest BCUT2D eigenvalue weighted by Gasteiger charge is 2.48. The molecule has 0 radical (unpaired) electrons. The van der Waals surface area contributed by atoms with Gasteiger partial charge in [0.1, 0.15) is 11.6 Å². The Morgan fingerprint density at radius 2 is 1.72 bits per heavy atom. The SMILES string of the molecule is CCCc1ncc2c(n1)CCN(Cc1cnc([Si](C(C)C)(C(C)C)C(C)C)o1)C2. The lowest BCUT2D eigenvalue weighted by atomic mass is 10.1. The molecule has 0 bridgehead atoms. The first-order chi connectivity index (χ1) is 13.8. The minimum Gasteiger partial charge on any atom is -0.449 e. The van der Waals surface area contributed by atoms with Crippen LogP contribution < -0.4 is 5.51 Å². The largest absolute Gasteiger partial charge is 0.449 e. The molecule has 0 amide bonds. The van der Waals surface area contributed by atoms with Crippen LogP contribution in [0.1, 0.15) is 77.7 Å². The van der Waals surface area contributed by atoms with Crippen molar-refractivity contribution in [2.75, 3.05) is 6.54 Å². The van der Waals surface area contributed by atoms with E-state index in [-0.39, 0.29) is 0 Å². The van der Waals surface area contributed by atoms with Crippen LogP contribution in [0.2, 0.25) is 16.6 Å². The second-order valence-electron chi connectivity index (χ2n) is 9.50. The topological polar surface area (TPSA) is 55.1 Å². The van der Waals surface area contributed by atoms with Gasteiger partial charge in [-0.05, 0) is 23.0 Å². The number of rotatable bonds is 8. The van der Waals surface area contributed by atoms with Gasteiger partial charge in [-0.3, -0.25) is 4.90 Å². The maximum Gasteiger partial charge on any atom is 0.167 e. The highest BCUT2D eigenvalue weighted by atomic mass is 28.3. The van der Waals surface area contributed by atoms with Gasteiger partial charge in [-0.2, -0.15) is 0 Å². The Bertz CT molecular complexity index is 793. The lowest BCUT2D eigenvalue weighted by molar-refractivity contribution is 0.224. The lowest BCUT2D eigenvalue weighted by Crippen LogP contribution is -2.56. The molecular formula is C23H38N4OSi. The first-order valence-corrected chi connectivity index (χ1v) is 13.5. The van der Waals surface area contributed by atoms with Crippen LogP contribution in [0.25, 0.3) is 0 Å². The molecule has 2 aromatic heterocycles. The van der Waals surface area contributed by atoms with Crippen molar-refractivity contribution in [3.63, 3.8) is 0 Å². The van der Waals surface area contributed by atoms with E-state index < -0.39 is 8.07 Å². The first kappa shape index (κ1) is 22.2. The van der Waals surface area contributed by atoms with Crippen molar-refractivity contribution in [3.8, 4) is 0 Å². The number of oxazole rings is 1. The molecule has 5 nitrogen and oxygen atoms in total. The van der Waals surface area contributed by atoms with Crippen LogP contribution in [-0.4, -0.2) is 34.5 Å². The Morgan fingerprint density at radius 1 is 1.03 bits per heavy atom. The smallest absolute Gasteiger partial charge is 0.167 e. The number of aromatic nitrogens is 3. The molecule has 3 rings (SSSR count). The molecule has 0 aromatic carbocycles. The van der Waals surface area contributed by atoms with Gasteiger partial charge in [0.05, 0.1) is 12.7 Å².